The number of hydrogen-bond donors (Lipinski definition) is 1. The molecule has 1 saturated carbocycles. The summed E-state index contributed by atoms with van der Waals surface area (Å²) in [6.45, 7) is 0. The fraction of sp³-hybridized carbons (Fsp3) is 0.235. The molecular formula is C17H16FNO3S. The first-order valence-electron chi connectivity index (χ1n) is 7.24. The molecule has 0 radical (unpaired) electrons. The van der Waals surface area contributed by atoms with Gasteiger partial charge in [-0.05, 0) is 47.7 Å². The lowest BCUT2D eigenvalue weighted by atomic mass is 10.0. The highest BCUT2D eigenvalue weighted by atomic mass is 32.2. The highest BCUT2D eigenvalue weighted by molar-refractivity contribution is 7.89. The molecule has 1 aliphatic rings. The van der Waals surface area contributed by atoms with Gasteiger partial charge < -0.3 is 0 Å². The van der Waals surface area contributed by atoms with Crippen molar-refractivity contribution in [2.75, 3.05) is 0 Å². The lowest BCUT2D eigenvalue weighted by Gasteiger charge is -2.03. The normalized spacial score (nSPS) is 20.3. The molecule has 0 spiro atoms. The molecule has 2 aromatic rings. The summed E-state index contributed by atoms with van der Waals surface area (Å²) in [5.41, 5.74) is 1.74. The van der Waals surface area contributed by atoms with E-state index in [1.165, 1.54) is 24.3 Å². The molecule has 0 aromatic heterocycles. The Kier molecular flexibility index (Phi) is 4.04. The summed E-state index contributed by atoms with van der Waals surface area (Å²) in [4.78, 5) is 12.3. The van der Waals surface area contributed by atoms with Crippen LogP contribution in [0, 0.1) is 11.7 Å². The third-order valence-electron chi connectivity index (χ3n) is 4.13. The average Bonchev–Trinajstić information content (AvgIpc) is 3.29. The Labute approximate surface area is 134 Å². The van der Waals surface area contributed by atoms with Crippen LogP contribution >= 0.6 is 0 Å². The number of Topliss-reactive ketones (excluding diaryl/α,β-unsaturated/α-hetero) is 1. The molecule has 2 aromatic carbocycles. The van der Waals surface area contributed by atoms with Crippen molar-refractivity contribution >= 4 is 15.8 Å². The first-order chi connectivity index (χ1) is 10.8. The van der Waals surface area contributed by atoms with E-state index >= 15 is 0 Å². The molecule has 2 atom stereocenters. The van der Waals surface area contributed by atoms with E-state index < -0.39 is 10.0 Å². The molecule has 0 unspecified atom stereocenters. The minimum Gasteiger partial charge on any atom is -0.299 e. The third-order valence-corrected chi connectivity index (χ3v) is 5.06. The molecule has 0 saturated heterocycles. The summed E-state index contributed by atoms with van der Waals surface area (Å²) in [7, 11) is -3.70. The largest absolute Gasteiger partial charge is 0.299 e. The molecular weight excluding hydrogens is 317 g/mol. The van der Waals surface area contributed by atoms with Gasteiger partial charge in [-0.3, -0.25) is 4.79 Å². The Morgan fingerprint density at radius 1 is 1.09 bits per heavy atom. The zero-order valence-corrected chi connectivity index (χ0v) is 13.1. The molecule has 23 heavy (non-hydrogen) atoms. The van der Waals surface area contributed by atoms with E-state index in [1.807, 2.05) is 0 Å². The predicted molar refractivity (Wildman–Crippen MR) is 83.8 cm³/mol. The number of halogens is 1. The van der Waals surface area contributed by atoms with Gasteiger partial charge in [0.1, 0.15) is 11.6 Å². The van der Waals surface area contributed by atoms with Gasteiger partial charge in [0, 0.05) is 12.3 Å². The first kappa shape index (κ1) is 15.8. The summed E-state index contributed by atoms with van der Waals surface area (Å²) in [5, 5.41) is 5.06. The van der Waals surface area contributed by atoms with E-state index in [4.69, 9.17) is 5.14 Å². The molecule has 6 heteroatoms. The SMILES string of the molecule is NS(=O)(=O)c1ccc([C@H]2C[C@@H]2C(=O)Cc2ccc(F)cc2)cc1. The number of benzene rings is 2. The van der Waals surface area contributed by atoms with Crippen molar-refractivity contribution in [2.45, 2.75) is 23.7 Å². The second-order valence-electron chi connectivity index (χ2n) is 5.83. The van der Waals surface area contributed by atoms with Crippen LogP contribution in [-0.4, -0.2) is 14.2 Å². The summed E-state index contributed by atoms with van der Waals surface area (Å²) < 4.78 is 35.3. The maximum Gasteiger partial charge on any atom is 0.238 e. The number of hydrogen-bond acceptors (Lipinski definition) is 3. The minimum absolute atomic E-state index is 0.0552. The van der Waals surface area contributed by atoms with Crippen LogP contribution in [0.2, 0.25) is 0 Å². The second-order valence-corrected chi connectivity index (χ2v) is 7.39. The first-order valence-corrected chi connectivity index (χ1v) is 8.79. The molecule has 0 amide bonds. The molecule has 0 heterocycles. The molecule has 0 bridgehead atoms. The predicted octanol–water partition coefficient (Wildman–Crippen LogP) is 2.39. The second kappa shape index (κ2) is 5.86. The average molecular weight is 333 g/mol. The quantitative estimate of drug-likeness (QED) is 0.912. The van der Waals surface area contributed by atoms with Gasteiger partial charge >= 0.3 is 0 Å². The molecule has 3 rings (SSSR count). The molecule has 1 aliphatic carbocycles. The number of primary sulfonamides is 1. The smallest absolute Gasteiger partial charge is 0.238 e. The Morgan fingerprint density at radius 2 is 1.70 bits per heavy atom. The van der Waals surface area contributed by atoms with E-state index in [-0.39, 0.29) is 34.8 Å². The van der Waals surface area contributed by atoms with Crippen molar-refractivity contribution < 1.29 is 17.6 Å². The van der Waals surface area contributed by atoms with Crippen LogP contribution in [0.15, 0.2) is 53.4 Å². The zero-order chi connectivity index (χ0) is 16.6. The van der Waals surface area contributed by atoms with Gasteiger partial charge in [0.05, 0.1) is 4.90 Å². The number of carbonyl (C=O) groups excluding carboxylic acids is 1. The van der Waals surface area contributed by atoms with Crippen molar-refractivity contribution in [3.63, 3.8) is 0 Å². The van der Waals surface area contributed by atoms with Crippen molar-refractivity contribution in [3.8, 4) is 0 Å². The zero-order valence-electron chi connectivity index (χ0n) is 12.3. The van der Waals surface area contributed by atoms with Crippen LogP contribution in [-0.2, 0) is 21.2 Å². The van der Waals surface area contributed by atoms with Crippen LogP contribution in [0.25, 0.3) is 0 Å². The van der Waals surface area contributed by atoms with Gasteiger partial charge in [-0.25, -0.2) is 17.9 Å². The van der Waals surface area contributed by atoms with Crippen LogP contribution < -0.4 is 5.14 Å². The maximum absolute atomic E-state index is 12.9. The highest BCUT2D eigenvalue weighted by Crippen LogP contribution is 2.48. The van der Waals surface area contributed by atoms with Crippen molar-refractivity contribution in [3.05, 3.63) is 65.5 Å². The highest BCUT2D eigenvalue weighted by Gasteiger charge is 2.43. The van der Waals surface area contributed by atoms with Crippen molar-refractivity contribution in [1.29, 1.82) is 0 Å². The number of carbonyl (C=O) groups is 1. The molecule has 120 valence electrons. The number of nitrogens with two attached hydrogens (primary N) is 1. The molecule has 1 fully saturated rings. The Morgan fingerprint density at radius 3 is 2.26 bits per heavy atom. The molecule has 0 aliphatic heterocycles. The van der Waals surface area contributed by atoms with E-state index in [9.17, 15) is 17.6 Å². The summed E-state index contributed by atoms with van der Waals surface area (Å²) in [6.07, 6.45) is 1.05. The van der Waals surface area contributed by atoms with Crippen LogP contribution in [0.5, 0.6) is 0 Å². The lowest BCUT2D eigenvalue weighted by molar-refractivity contribution is -0.119. The monoisotopic (exact) mass is 333 g/mol. The lowest BCUT2D eigenvalue weighted by Crippen LogP contribution is -2.12. The van der Waals surface area contributed by atoms with E-state index in [0.717, 1.165) is 17.5 Å². The van der Waals surface area contributed by atoms with Crippen molar-refractivity contribution in [2.24, 2.45) is 11.1 Å². The maximum atomic E-state index is 12.9. The van der Waals surface area contributed by atoms with E-state index in [0.29, 0.717) is 0 Å². The Bertz CT molecular complexity index is 829. The summed E-state index contributed by atoms with van der Waals surface area (Å²) in [6, 6.07) is 12.3. The fourth-order valence-corrected chi connectivity index (χ4v) is 3.27. The van der Waals surface area contributed by atoms with Crippen molar-refractivity contribution in [1.82, 2.24) is 0 Å². The topological polar surface area (TPSA) is 77.2 Å². The van der Waals surface area contributed by atoms with Gasteiger partial charge in [-0.2, -0.15) is 0 Å². The Balaban J connectivity index is 1.64. The van der Waals surface area contributed by atoms with Gasteiger partial charge in [-0.15, -0.1) is 0 Å². The third kappa shape index (κ3) is 3.65. The van der Waals surface area contributed by atoms with E-state index in [1.54, 1.807) is 24.3 Å². The fourth-order valence-electron chi connectivity index (χ4n) is 2.76. The van der Waals surface area contributed by atoms with Gasteiger partial charge in [-0.1, -0.05) is 24.3 Å². The van der Waals surface area contributed by atoms with E-state index in [2.05, 4.69) is 0 Å². The van der Waals surface area contributed by atoms with Gasteiger partial charge in [0.2, 0.25) is 10.0 Å². The van der Waals surface area contributed by atoms with Gasteiger partial charge in [0.15, 0.2) is 0 Å². The standard InChI is InChI=1S/C17H16FNO3S/c18-13-5-1-11(2-6-13)9-17(20)16-10-15(16)12-3-7-14(8-4-12)23(19,21)22/h1-8,15-16H,9-10H2,(H2,19,21,22)/t15-,16+/m1/s1. The Hall–Kier alpha value is -2.05. The number of rotatable bonds is 5. The summed E-state index contributed by atoms with van der Waals surface area (Å²) in [5.74, 6) is -0.129. The molecule has 2 N–H and O–H groups in total. The molecule has 4 nitrogen and oxygen atoms in total. The van der Waals surface area contributed by atoms with Crippen LogP contribution in [0.4, 0.5) is 4.39 Å². The number of ketones is 1. The van der Waals surface area contributed by atoms with Crippen LogP contribution in [0.1, 0.15) is 23.5 Å². The van der Waals surface area contributed by atoms with Gasteiger partial charge in [0.25, 0.3) is 0 Å². The minimum atomic E-state index is -3.70. The number of sulfonamides is 1. The van der Waals surface area contributed by atoms with Crippen LogP contribution in [0.3, 0.4) is 0 Å². The summed E-state index contributed by atoms with van der Waals surface area (Å²) >= 11 is 0.